The van der Waals surface area contributed by atoms with Crippen molar-refractivity contribution in [1.29, 1.82) is 0 Å². The number of anilines is 2. The molecule has 1 saturated heterocycles. The molecular weight excluding hydrogens is 462 g/mol. The van der Waals surface area contributed by atoms with Gasteiger partial charge in [-0.25, -0.2) is 0 Å². The van der Waals surface area contributed by atoms with Crippen molar-refractivity contribution < 1.29 is 9.21 Å². The number of carbonyl (C=O) groups is 1. The molecule has 2 fully saturated rings. The standard InChI is InChI=1S/C27H32ClN5O2/c28-24-17-22(29-25(34)20-7-3-1-4-8-20)13-14-23(24)26-31-32-27(35-26)30-21-11-9-19(10-12-21)18-33-15-5-2-6-16-33/h1,3-4,7-8,13-14,17,19,21H,2,5-6,9-12,15-16,18H2,(H,29,34)(H,30,32). The van der Waals surface area contributed by atoms with Crippen molar-refractivity contribution in [2.45, 2.75) is 51.0 Å². The maximum atomic E-state index is 12.4. The largest absolute Gasteiger partial charge is 0.403 e. The second-order valence-corrected chi connectivity index (χ2v) is 10.1. The minimum Gasteiger partial charge on any atom is -0.403 e. The Hall–Kier alpha value is -2.90. The SMILES string of the molecule is O=C(Nc1ccc(-c2nnc(NC3CCC(CN4CCCCC4)CC3)o2)c(Cl)c1)c1ccccc1. The molecule has 2 N–H and O–H groups in total. The molecule has 1 aromatic heterocycles. The summed E-state index contributed by atoms with van der Waals surface area (Å²) in [5.41, 5.74) is 1.82. The van der Waals surface area contributed by atoms with Crippen LogP contribution in [0.15, 0.2) is 52.9 Å². The van der Waals surface area contributed by atoms with Crippen molar-refractivity contribution >= 4 is 29.2 Å². The fourth-order valence-electron chi connectivity index (χ4n) is 5.12. The normalized spacial score (nSPS) is 20.9. The molecule has 0 bridgehead atoms. The maximum Gasteiger partial charge on any atom is 0.315 e. The Morgan fingerprint density at radius 1 is 1.00 bits per heavy atom. The number of piperidine rings is 1. The summed E-state index contributed by atoms with van der Waals surface area (Å²) in [4.78, 5) is 15.0. The third-order valence-corrected chi connectivity index (χ3v) is 7.37. The first kappa shape index (κ1) is 23.8. The molecular formula is C27H32ClN5O2. The number of benzene rings is 2. The zero-order chi connectivity index (χ0) is 24.0. The highest BCUT2D eigenvalue weighted by Crippen LogP contribution is 2.32. The number of hydrogen-bond donors (Lipinski definition) is 2. The molecule has 1 aliphatic heterocycles. The monoisotopic (exact) mass is 493 g/mol. The second kappa shape index (κ2) is 11.2. The number of rotatable bonds is 7. The molecule has 7 nitrogen and oxygen atoms in total. The van der Waals surface area contributed by atoms with E-state index in [0.717, 1.165) is 18.8 Å². The van der Waals surface area contributed by atoms with E-state index >= 15 is 0 Å². The minimum atomic E-state index is -0.190. The van der Waals surface area contributed by atoms with Gasteiger partial charge in [0.05, 0.1) is 10.6 Å². The molecule has 0 spiro atoms. The van der Waals surface area contributed by atoms with Crippen LogP contribution in [0.5, 0.6) is 0 Å². The number of halogens is 1. The number of nitrogens with one attached hydrogen (secondary N) is 2. The van der Waals surface area contributed by atoms with Crippen LogP contribution >= 0.6 is 11.6 Å². The summed E-state index contributed by atoms with van der Waals surface area (Å²) < 4.78 is 5.88. The van der Waals surface area contributed by atoms with Crippen LogP contribution in [0.25, 0.3) is 11.5 Å². The zero-order valence-electron chi connectivity index (χ0n) is 19.9. The van der Waals surface area contributed by atoms with Crippen LogP contribution in [-0.2, 0) is 0 Å². The third kappa shape index (κ3) is 6.21. The van der Waals surface area contributed by atoms with E-state index in [0.29, 0.717) is 39.8 Å². The summed E-state index contributed by atoms with van der Waals surface area (Å²) in [6.07, 6.45) is 8.80. The van der Waals surface area contributed by atoms with Gasteiger partial charge >= 0.3 is 6.01 Å². The van der Waals surface area contributed by atoms with E-state index in [4.69, 9.17) is 16.0 Å². The highest BCUT2D eigenvalue weighted by atomic mass is 35.5. The molecule has 1 saturated carbocycles. The molecule has 8 heteroatoms. The Morgan fingerprint density at radius 3 is 2.51 bits per heavy atom. The molecule has 0 atom stereocenters. The Kier molecular flexibility index (Phi) is 7.64. The molecule has 0 unspecified atom stereocenters. The summed E-state index contributed by atoms with van der Waals surface area (Å²) in [6, 6.07) is 15.1. The van der Waals surface area contributed by atoms with Gasteiger partial charge in [-0.2, -0.15) is 0 Å². The molecule has 35 heavy (non-hydrogen) atoms. The lowest BCUT2D eigenvalue weighted by atomic mass is 9.85. The summed E-state index contributed by atoms with van der Waals surface area (Å²) >= 11 is 6.49. The summed E-state index contributed by atoms with van der Waals surface area (Å²) in [5.74, 6) is 0.964. The van der Waals surface area contributed by atoms with Crippen LogP contribution in [0.4, 0.5) is 11.7 Å². The predicted molar refractivity (Wildman–Crippen MR) is 139 cm³/mol. The van der Waals surface area contributed by atoms with Crippen molar-refractivity contribution in [2.24, 2.45) is 5.92 Å². The molecule has 184 valence electrons. The fourth-order valence-corrected chi connectivity index (χ4v) is 5.38. The zero-order valence-corrected chi connectivity index (χ0v) is 20.6. The van der Waals surface area contributed by atoms with Gasteiger partial charge < -0.3 is 20.0 Å². The molecule has 1 aliphatic carbocycles. The Bertz CT molecular complexity index is 1120. The van der Waals surface area contributed by atoms with E-state index < -0.39 is 0 Å². The Balaban J connectivity index is 1.14. The highest BCUT2D eigenvalue weighted by molar-refractivity contribution is 6.33. The van der Waals surface area contributed by atoms with E-state index in [1.54, 1.807) is 30.3 Å². The number of aromatic nitrogens is 2. The summed E-state index contributed by atoms with van der Waals surface area (Å²) in [5, 5.41) is 15.1. The topological polar surface area (TPSA) is 83.3 Å². The number of hydrogen-bond acceptors (Lipinski definition) is 6. The second-order valence-electron chi connectivity index (χ2n) is 9.65. The number of nitrogens with zero attached hydrogens (tertiary/aromatic N) is 3. The van der Waals surface area contributed by atoms with Gasteiger partial charge in [-0.1, -0.05) is 41.3 Å². The Labute approximate surface area is 211 Å². The van der Waals surface area contributed by atoms with Crippen LogP contribution in [0.2, 0.25) is 5.02 Å². The molecule has 3 aromatic rings. The summed E-state index contributed by atoms with van der Waals surface area (Å²) in [7, 11) is 0. The van der Waals surface area contributed by atoms with Gasteiger partial charge in [-0.15, -0.1) is 5.10 Å². The van der Waals surface area contributed by atoms with Gasteiger partial charge in [-0.05, 0) is 87.9 Å². The van der Waals surface area contributed by atoms with Gasteiger partial charge in [-0.3, -0.25) is 4.79 Å². The van der Waals surface area contributed by atoms with Gasteiger partial charge in [0.1, 0.15) is 0 Å². The molecule has 2 aromatic carbocycles. The van der Waals surface area contributed by atoms with Crippen LogP contribution in [0.3, 0.4) is 0 Å². The van der Waals surface area contributed by atoms with E-state index in [1.165, 1.54) is 51.7 Å². The average Bonchev–Trinajstić information content (AvgIpc) is 3.34. The van der Waals surface area contributed by atoms with Crippen molar-refractivity contribution in [2.75, 3.05) is 30.3 Å². The first-order chi connectivity index (χ1) is 17.1. The maximum absolute atomic E-state index is 12.4. The van der Waals surface area contributed by atoms with Gasteiger partial charge in [0.2, 0.25) is 0 Å². The number of likely N-dealkylation sites (tertiary alicyclic amines) is 1. The lowest BCUT2D eigenvalue weighted by molar-refractivity contribution is 0.102. The molecule has 2 heterocycles. The van der Waals surface area contributed by atoms with Crippen molar-refractivity contribution in [3.05, 3.63) is 59.1 Å². The predicted octanol–water partition coefficient (Wildman–Crippen LogP) is 6.10. The number of amides is 1. The van der Waals surface area contributed by atoms with E-state index in [1.807, 2.05) is 18.2 Å². The van der Waals surface area contributed by atoms with E-state index in [9.17, 15) is 4.79 Å². The molecule has 5 rings (SSSR count). The smallest absolute Gasteiger partial charge is 0.315 e. The van der Waals surface area contributed by atoms with Gasteiger partial charge in [0.15, 0.2) is 0 Å². The van der Waals surface area contributed by atoms with Crippen LogP contribution in [0, 0.1) is 5.92 Å². The van der Waals surface area contributed by atoms with Crippen LogP contribution < -0.4 is 10.6 Å². The minimum absolute atomic E-state index is 0.190. The Morgan fingerprint density at radius 2 is 1.77 bits per heavy atom. The van der Waals surface area contributed by atoms with Gasteiger partial charge in [0, 0.05) is 23.8 Å². The first-order valence-corrected chi connectivity index (χ1v) is 13.0. The summed E-state index contributed by atoms with van der Waals surface area (Å²) in [6.45, 7) is 3.79. The fraction of sp³-hybridized carbons (Fsp3) is 0.444. The van der Waals surface area contributed by atoms with E-state index in [2.05, 4.69) is 25.7 Å². The molecule has 0 radical (unpaired) electrons. The van der Waals surface area contributed by atoms with Crippen molar-refractivity contribution in [3.63, 3.8) is 0 Å². The quantitative estimate of drug-likeness (QED) is 0.414. The lowest BCUT2D eigenvalue weighted by Crippen LogP contribution is -2.37. The first-order valence-electron chi connectivity index (χ1n) is 12.6. The number of carbonyl (C=O) groups excluding carboxylic acids is 1. The van der Waals surface area contributed by atoms with Crippen molar-refractivity contribution in [1.82, 2.24) is 15.1 Å². The molecule has 1 amide bonds. The van der Waals surface area contributed by atoms with Crippen LogP contribution in [0.1, 0.15) is 55.3 Å². The highest BCUT2D eigenvalue weighted by Gasteiger charge is 2.25. The average molecular weight is 494 g/mol. The van der Waals surface area contributed by atoms with Crippen LogP contribution in [-0.4, -0.2) is 46.7 Å². The third-order valence-electron chi connectivity index (χ3n) is 7.06. The molecule has 2 aliphatic rings. The lowest BCUT2D eigenvalue weighted by Gasteiger charge is -2.34. The van der Waals surface area contributed by atoms with Crippen molar-refractivity contribution in [3.8, 4) is 11.5 Å². The van der Waals surface area contributed by atoms with E-state index in [-0.39, 0.29) is 5.91 Å². The van der Waals surface area contributed by atoms with Gasteiger partial charge in [0.25, 0.3) is 11.8 Å².